The van der Waals surface area contributed by atoms with Gasteiger partial charge in [-0.2, -0.15) is 0 Å². The Morgan fingerprint density at radius 1 is 1.53 bits per heavy atom. The van der Waals surface area contributed by atoms with Gasteiger partial charge in [0.2, 0.25) is 0 Å². The first kappa shape index (κ1) is 13.6. The maximum absolute atomic E-state index is 10.7. The fourth-order valence-corrected chi connectivity index (χ4v) is 2.58. The molecule has 6 heteroatoms. The van der Waals surface area contributed by atoms with E-state index in [1.165, 1.54) is 6.07 Å². The summed E-state index contributed by atoms with van der Waals surface area (Å²) in [7, 11) is 0. The van der Waals surface area contributed by atoms with Crippen molar-refractivity contribution >= 4 is 17.0 Å². The van der Waals surface area contributed by atoms with Crippen molar-refractivity contribution in [3.8, 4) is 11.3 Å². The number of nitrogens with zero attached hydrogens (tertiary/aromatic N) is 2. The minimum absolute atomic E-state index is 0.0808. The summed E-state index contributed by atoms with van der Waals surface area (Å²) in [4.78, 5) is 14.8. The molecular weight excluding hydrogens is 262 g/mol. The molecule has 0 amide bonds. The van der Waals surface area contributed by atoms with Gasteiger partial charge in [0.1, 0.15) is 0 Å². The molecule has 1 heterocycles. The maximum atomic E-state index is 10.7. The molecule has 0 saturated carbocycles. The minimum atomic E-state index is -0.399. The minimum Gasteiger partial charge on any atom is -0.327 e. The predicted octanol–water partition coefficient (Wildman–Crippen LogP) is 3.00. The molecule has 0 aliphatic heterocycles. The van der Waals surface area contributed by atoms with E-state index in [0.717, 1.165) is 29.1 Å². The van der Waals surface area contributed by atoms with Crippen LogP contribution < -0.4 is 5.73 Å². The SMILES string of the molecule is CCC(N)Cc1nc(-c2cccc([N+](=O)[O-])c2)cs1. The van der Waals surface area contributed by atoms with Crippen molar-refractivity contribution in [2.75, 3.05) is 0 Å². The van der Waals surface area contributed by atoms with Gasteiger partial charge in [-0.15, -0.1) is 11.3 Å². The Bertz CT molecular complexity index is 583. The van der Waals surface area contributed by atoms with Crippen LogP contribution in [0.15, 0.2) is 29.6 Å². The lowest BCUT2D eigenvalue weighted by molar-refractivity contribution is -0.384. The summed E-state index contributed by atoms with van der Waals surface area (Å²) in [5.41, 5.74) is 7.51. The van der Waals surface area contributed by atoms with Crippen molar-refractivity contribution in [2.24, 2.45) is 5.73 Å². The molecular formula is C13H15N3O2S. The zero-order valence-corrected chi connectivity index (χ0v) is 11.4. The molecule has 100 valence electrons. The molecule has 0 saturated heterocycles. The Kier molecular flexibility index (Phi) is 4.24. The van der Waals surface area contributed by atoms with Crippen molar-refractivity contribution in [2.45, 2.75) is 25.8 Å². The number of hydrogen-bond acceptors (Lipinski definition) is 5. The zero-order chi connectivity index (χ0) is 13.8. The monoisotopic (exact) mass is 277 g/mol. The highest BCUT2D eigenvalue weighted by molar-refractivity contribution is 7.09. The molecule has 5 nitrogen and oxygen atoms in total. The molecule has 2 rings (SSSR count). The van der Waals surface area contributed by atoms with Crippen LogP contribution in [0.2, 0.25) is 0 Å². The third kappa shape index (κ3) is 3.36. The summed E-state index contributed by atoms with van der Waals surface area (Å²) in [5.74, 6) is 0. The first-order chi connectivity index (χ1) is 9.10. The summed E-state index contributed by atoms with van der Waals surface area (Å²) in [6, 6.07) is 6.63. The van der Waals surface area contributed by atoms with Gasteiger partial charge in [-0.25, -0.2) is 4.98 Å². The molecule has 0 fully saturated rings. The molecule has 2 aromatic rings. The summed E-state index contributed by atoms with van der Waals surface area (Å²) in [5, 5.41) is 13.6. The van der Waals surface area contributed by atoms with E-state index in [4.69, 9.17) is 5.73 Å². The number of rotatable bonds is 5. The number of nitrogens with two attached hydrogens (primary N) is 1. The molecule has 1 aromatic carbocycles. The Labute approximate surface area is 115 Å². The maximum Gasteiger partial charge on any atom is 0.270 e. The lowest BCUT2D eigenvalue weighted by Gasteiger charge is -2.04. The third-order valence-corrected chi connectivity index (χ3v) is 3.74. The van der Waals surface area contributed by atoms with Crippen LogP contribution in [0, 0.1) is 10.1 Å². The van der Waals surface area contributed by atoms with Gasteiger partial charge in [0.05, 0.1) is 15.6 Å². The zero-order valence-electron chi connectivity index (χ0n) is 10.6. The van der Waals surface area contributed by atoms with Crippen molar-refractivity contribution in [3.63, 3.8) is 0 Å². The van der Waals surface area contributed by atoms with Crippen LogP contribution in [0.25, 0.3) is 11.3 Å². The van der Waals surface area contributed by atoms with E-state index in [-0.39, 0.29) is 11.7 Å². The standard InChI is InChI=1S/C13H15N3O2S/c1-2-10(14)7-13-15-12(8-19-13)9-4-3-5-11(6-9)16(17)18/h3-6,8,10H,2,7,14H2,1H3. The lowest BCUT2D eigenvalue weighted by Crippen LogP contribution is -2.21. The van der Waals surface area contributed by atoms with E-state index < -0.39 is 4.92 Å². The molecule has 2 N–H and O–H groups in total. The van der Waals surface area contributed by atoms with Crippen LogP contribution in [0.1, 0.15) is 18.4 Å². The molecule has 1 aromatic heterocycles. The van der Waals surface area contributed by atoms with Gasteiger partial charge >= 0.3 is 0 Å². The summed E-state index contributed by atoms with van der Waals surface area (Å²) >= 11 is 1.54. The van der Waals surface area contributed by atoms with Crippen LogP contribution in [0.5, 0.6) is 0 Å². The predicted molar refractivity (Wildman–Crippen MR) is 76.2 cm³/mol. The van der Waals surface area contributed by atoms with Crippen LogP contribution in [0.4, 0.5) is 5.69 Å². The van der Waals surface area contributed by atoms with E-state index in [1.54, 1.807) is 23.5 Å². The molecule has 0 aliphatic rings. The normalized spacial score (nSPS) is 12.3. The second-order valence-electron chi connectivity index (χ2n) is 4.31. The molecule has 19 heavy (non-hydrogen) atoms. The average molecular weight is 277 g/mol. The van der Waals surface area contributed by atoms with Crippen LogP contribution in [0.3, 0.4) is 0 Å². The van der Waals surface area contributed by atoms with Crippen molar-refractivity contribution < 1.29 is 4.92 Å². The van der Waals surface area contributed by atoms with Gasteiger partial charge < -0.3 is 5.73 Å². The molecule has 0 aliphatic carbocycles. The van der Waals surface area contributed by atoms with Gasteiger partial charge in [0.25, 0.3) is 5.69 Å². The molecule has 1 unspecified atom stereocenters. The Balaban J connectivity index is 2.22. The summed E-state index contributed by atoms with van der Waals surface area (Å²) in [6.45, 7) is 2.04. The van der Waals surface area contributed by atoms with Gasteiger partial charge in [-0.1, -0.05) is 19.1 Å². The summed E-state index contributed by atoms with van der Waals surface area (Å²) in [6.07, 6.45) is 1.65. The smallest absolute Gasteiger partial charge is 0.270 e. The van der Waals surface area contributed by atoms with Gasteiger partial charge in [0, 0.05) is 35.5 Å². The second-order valence-corrected chi connectivity index (χ2v) is 5.25. The highest BCUT2D eigenvalue weighted by Crippen LogP contribution is 2.25. The highest BCUT2D eigenvalue weighted by atomic mass is 32.1. The number of non-ortho nitro benzene ring substituents is 1. The van der Waals surface area contributed by atoms with Crippen molar-refractivity contribution in [3.05, 3.63) is 44.8 Å². The first-order valence-electron chi connectivity index (χ1n) is 6.05. The Morgan fingerprint density at radius 3 is 3.00 bits per heavy atom. The number of thiazole rings is 1. The second kappa shape index (κ2) is 5.90. The Hall–Kier alpha value is -1.79. The van der Waals surface area contributed by atoms with E-state index in [9.17, 15) is 10.1 Å². The van der Waals surface area contributed by atoms with E-state index in [1.807, 2.05) is 18.4 Å². The van der Waals surface area contributed by atoms with Crippen molar-refractivity contribution in [1.29, 1.82) is 0 Å². The molecule has 0 radical (unpaired) electrons. The van der Waals surface area contributed by atoms with E-state index in [0.29, 0.717) is 0 Å². The fourth-order valence-electron chi connectivity index (χ4n) is 1.68. The lowest BCUT2D eigenvalue weighted by atomic mass is 10.1. The first-order valence-corrected chi connectivity index (χ1v) is 6.93. The van der Waals surface area contributed by atoms with Crippen LogP contribution in [-0.2, 0) is 6.42 Å². The number of aromatic nitrogens is 1. The molecule has 0 spiro atoms. The topological polar surface area (TPSA) is 82.0 Å². The number of nitro groups is 1. The van der Waals surface area contributed by atoms with Gasteiger partial charge in [0.15, 0.2) is 0 Å². The highest BCUT2D eigenvalue weighted by Gasteiger charge is 2.11. The average Bonchev–Trinajstić information content (AvgIpc) is 2.87. The van der Waals surface area contributed by atoms with Gasteiger partial charge in [-0.3, -0.25) is 10.1 Å². The quantitative estimate of drug-likeness (QED) is 0.672. The number of benzene rings is 1. The molecule has 1 atom stereocenters. The van der Waals surface area contributed by atoms with Crippen LogP contribution in [-0.4, -0.2) is 15.9 Å². The fraction of sp³-hybridized carbons (Fsp3) is 0.308. The summed E-state index contributed by atoms with van der Waals surface area (Å²) < 4.78 is 0. The van der Waals surface area contributed by atoms with Crippen molar-refractivity contribution in [1.82, 2.24) is 4.98 Å². The Morgan fingerprint density at radius 2 is 2.32 bits per heavy atom. The van der Waals surface area contributed by atoms with Crippen LogP contribution >= 0.6 is 11.3 Å². The van der Waals surface area contributed by atoms with E-state index in [2.05, 4.69) is 4.98 Å². The van der Waals surface area contributed by atoms with Gasteiger partial charge in [-0.05, 0) is 6.42 Å². The molecule has 0 bridgehead atoms. The number of hydrogen-bond donors (Lipinski definition) is 1. The third-order valence-electron chi connectivity index (χ3n) is 2.87. The van der Waals surface area contributed by atoms with E-state index >= 15 is 0 Å². The number of nitro benzene ring substituents is 1. The largest absolute Gasteiger partial charge is 0.327 e.